The van der Waals surface area contributed by atoms with Gasteiger partial charge in [-0.1, -0.05) is 6.07 Å². The molecule has 1 heterocycles. The van der Waals surface area contributed by atoms with Crippen LogP contribution in [-0.4, -0.2) is 14.8 Å². The summed E-state index contributed by atoms with van der Waals surface area (Å²) in [4.78, 5) is 4.20. The summed E-state index contributed by atoms with van der Waals surface area (Å²) in [5, 5.41) is 13.1. The van der Waals surface area contributed by atoms with Gasteiger partial charge in [0.1, 0.15) is 17.7 Å². The van der Waals surface area contributed by atoms with Crippen LogP contribution in [0.3, 0.4) is 0 Å². The molecule has 2 N–H and O–H groups in total. The summed E-state index contributed by atoms with van der Waals surface area (Å²) in [6.45, 7) is 3.66. The molecule has 0 fully saturated rings. The third kappa shape index (κ3) is 1.50. The molecule has 5 heteroatoms. The van der Waals surface area contributed by atoms with Crippen LogP contribution in [0.5, 0.6) is 0 Å². The van der Waals surface area contributed by atoms with E-state index >= 15 is 0 Å². The summed E-state index contributed by atoms with van der Waals surface area (Å²) in [5.41, 5.74) is 7.46. The minimum Gasteiger partial charge on any atom is -0.396 e. The molecule has 2 rings (SSSR count). The molecule has 0 saturated carbocycles. The molecule has 1 aromatic heterocycles. The Labute approximate surface area is 93.1 Å². The first-order valence-corrected chi connectivity index (χ1v) is 4.82. The zero-order valence-electron chi connectivity index (χ0n) is 9.10. The highest BCUT2D eigenvalue weighted by Gasteiger charge is 2.10. The Morgan fingerprint density at radius 1 is 1.38 bits per heavy atom. The summed E-state index contributed by atoms with van der Waals surface area (Å²) in [7, 11) is 0. The number of hydrogen-bond donors (Lipinski definition) is 1. The van der Waals surface area contributed by atoms with Gasteiger partial charge in [-0.25, -0.2) is 9.67 Å². The van der Waals surface area contributed by atoms with Crippen molar-refractivity contribution in [1.82, 2.24) is 14.8 Å². The van der Waals surface area contributed by atoms with Crippen molar-refractivity contribution in [2.75, 3.05) is 5.73 Å². The van der Waals surface area contributed by atoms with Gasteiger partial charge >= 0.3 is 0 Å². The zero-order valence-corrected chi connectivity index (χ0v) is 9.10. The number of nitrogen functional groups attached to an aromatic ring is 1. The number of nitrogens with zero attached hydrogens (tertiary/aromatic N) is 4. The van der Waals surface area contributed by atoms with Crippen LogP contribution < -0.4 is 5.73 Å². The number of nitriles is 1. The van der Waals surface area contributed by atoms with Gasteiger partial charge in [0.05, 0.1) is 16.9 Å². The molecule has 0 saturated heterocycles. The molecule has 0 unspecified atom stereocenters. The smallest absolute Gasteiger partial charge is 0.148 e. The molecule has 0 aliphatic carbocycles. The van der Waals surface area contributed by atoms with Crippen molar-refractivity contribution >= 4 is 5.69 Å². The van der Waals surface area contributed by atoms with E-state index in [9.17, 15) is 0 Å². The molecule has 0 aliphatic heterocycles. The highest BCUT2D eigenvalue weighted by atomic mass is 15.3. The topological polar surface area (TPSA) is 80.5 Å². The molecule has 0 aliphatic rings. The minimum absolute atomic E-state index is 0.429. The van der Waals surface area contributed by atoms with Gasteiger partial charge in [0.25, 0.3) is 0 Å². The number of para-hydroxylation sites is 1. The normalized spacial score (nSPS) is 10.1. The van der Waals surface area contributed by atoms with Gasteiger partial charge in [-0.2, -0.15) is 10.4 Å². The van der Waals surface area contributed by atoms with Crippen LogP contribution in [0.15, 0.2) is 18.2 Å². The molecule has 0 amide bonds. The fourth-order valence-corrected chi connectivity index (χ4v) is 1.58. The van der Waals surface area contributed by atoms with Crippen LogP contribution in [-0.2, 0) is 0 Å². The molecule has 1 aromatic carbocycles. The summed E-state index contributed by atoms with van der Waals surface area (Å²) in [6, 6.07) is 7.32. The lowest BCUT2D eigenvalue weighted by atomic mass is 10.1. The number of benzene rings is 1. The van der Waals surface area contributed by atoms with Crippen LogP contribution >= 0.6 is 0 Å². The highest BCUT2D eigenvalue weighted by Crippen LogP contribution is 2.21. The van der Waals surface area contributed by atoms with Gasteiger partial charge in [-0.05, 0) is 26.0 Å². The molecule has 2 aromatic rings. The van der Waals surface area contributed by atoms with Gasteiger partial charge in [0, 0.05) is 0 Å². The lowest BCUT2D eigenvalue weighted by molar-refractivity contribution is 0.833. The average Bonchev–Trinajstić information content (AvgIpc) is 2.58. The van der Waals surface area contributed by atoms with Crippen molar-refractivity contribution in [3.05, 3.63) is 35.4 Å². The Morgan fingerprint density at radius 3 is 2.69 bits per heavy atom. The number of anilines is 1. The van der Waals surface area contributed by atoms with Crippen molar-refractivity contribution in [3.8, 4) is 11.8 Å². The number of aromatic nitrogens is 3. The van der Waals surface area contributed by atoms with Crippen molar-refractivity contribution in [2.45, 2.75) is 13.8 Å². The van der Waals surface area contributed by atoms with E-state index in [4.69, 9.17) is 11.0 Å². The molecular formula is C11H11N5. The average molecular weight is 213 g/mol. The lowest BCUT2D eigenvalue weighted by Gasteiger charge is -2.07. The summed E-state index contributed by atoms with van der Waals surface area (Å²) >= 11 is 0. The second-order valence-corrected chi connectivity index (χ2v) is 3.47. The van der Waals surface area contributed by atoms with E-state index in [-0.39, 0.29) is 0 Å². The maximum Gasteiger partial charge on any atom is 0.148 e. The van der Waals surface area contributed by atoms with Crippen LogP contribution in [0, 0.1) is 25.2 Å². The molecule has 16 heavy (non-hydrogen) atoms. The summed E-state index contributed by atoms with van der Waals surface area (Å²) in [5.74, 6) is 1.43. The first-order chi connectivity index (χ1) is 7.63. The van der Waals surface area contributed by atoms with E-state index in [1.165, 1.54) is 0 Å². The van der Waals surface area contributed by atoms with E-state index in [0.29, 0.717) is 22.8 Å². The number of nitrogens with two attached hydrogens (primary N) is 1. The van der Waals surface area contributed by atoms with E-state index in [1.807, 2.05) is 26.0 Å². The Balaban J connectivity index is 2.66. The second kappa shape index (κ2) is 3.66. The van der Waals surface area contributed by atoms with Crippen LogP contribution in [0.4, 0.5) is 5.69 Å². The van der Waals surface area contributed by atoms with E-state index in [0.717, 1.165) is 5.82 Å². The molecule has 80 valence electrons. The summed E-state index contributed by atoms with van der Waals surface area (Å²) in [6.07, 6.45) is 0. The van der Waals surface area contributed by atoms with E-state index in [2.05, 4.69) is 10.1 Å². The Kier molecular flexibility index (Phi) is 2.33. The maximum absolute atomic E-state index is 8.89. The number of aryl methyl sites for hydroxylation is 2. The highest BCUT2D eigenvalue weighted by molar-refractivity contribution is 5.66. The monoisotopic (exact) mass is 213 g/mol. The molecule has 0 bridgehead atoms. The first-order valence-electron chi connectivity index (χ1n) is 4.82. The van der Waals surface area contributed by atoms with Crippen LogP contribution in [0.1, 0.15) is 17.2 Å². The predicted octanol–water partition coefficient (Wildman–Crippen LogP) is 1.34. The number of rotatable bonds is 1. The van der Waals surface area contributed by atoms with Gasteiger partial charge in [-0.15, -0.1) is 0 Å². The standard InChI is InChI=1S/C11H11N5/c1-7-14-8(2)16(15-7)10-5-3-4-9(6-12)11(10)13/h3-5H,13H2,1-2H3. The SMILES string of the molecule is Cc1nc(C)n(-c2cccc(C#N)c2N)n1. The van der Waals surface area contributed by atoms with Crippen LogP contribution in [0.2, 0.25) is 0 Å². The fraction of sp³-hybridized carbons (Fsp3) is 0.182. The van der Waals surface area contributed by atoms with E-state index < -0.39 is 0 Å². The number of hydrogen-bond acceptors (Lipinski definition) is 4. The van der Waals surface area contributed by atoms with Crippen LogP contribution in [0.25, 0.3) is 5.69 Å². The van der Waals surface area contributed by atoms with E-state index in [1.54, 1.807) is 16.8 Å². The largest absolute Gasteiger partial charge is 0.396 e. The quantitative estimate of drug-likeness (QED) is 0.725. The molecule has 0 spiro atoms. The van der Waals surface area contributed by atoms with Gasteiger partial charge in [-0.3, -0.25) is 0 Å². The van der Waals surface area contributed by atoms with Crippen molar-refractivity contribution in [1.29, 1.82) is 5.26 Å². The minimum atomic E-state index is 0.429. The third-order valence-electron chi connectivity index (χ3n) is 2.31. The maximum atomic E-state index is 8.89. The van der Waals surface area contributed by atoms with Gasteiger partial charge in [0.15, 0.2) is 0 Å². The first kappa shape index (κ1) is 10.2. The summed E-state index contributed by atoms with van der Waals surface area (Å²) < 4.78 is 1.64. The fourth-order valence-electron chi connectivity index (χ4n) is 1.58. The van der Waals surface area contributed by atoms with Crippen molar-refractivity contribution < 1.29 is 0 Å². The zero-order chi connectivity index (χ0) is 11.7. The van der Waals surface area contributed by atoms with Gasteiger partial charge < -0.3 is 5.73 Å². The Morgan fingerprint density at radius 2 is 2.12 bits per heavy atom. The Hall–Kier alpha value is -2.35. The third-order valence-corrected chi connectivity index (χ3v) is 2.31. The molecule has 0 atom stereocenters. The second-order valence-electron chi connectivity index (χ2n) is 3.47. The van der Waals surface area contributed by atoms with Crippen molar-refractivity contribution in [2.24, 2.45) is 0 Å². The molecule has 0 radical (unpaired) electrons. The van der Waals surface area contributed by atoms with Gasteiger partial charge in [0.2, 0.25) is 0 Å². The Bertz CT molecular complexity index is 577. The lowest BCUT2D eigenvalue weighted by Crippen LogP contribution is -2.05. The van der Waals surface area contributed by atoms with Crippen molar-refractivity contribution in [3.63, 3.8) is 0 Å². The molecular weight excluding hydrogens is 202 g/mol. The molecule has 5 nitrogen and oxygen atoms in total. The predicted molar refractivity (Wildman–Crippen MR) is 60.0 cm³/mol.